The minimum Gasteiger partial charge on any atom is -0.462 e. The first-order valence-electron chi connectivity index (χ1n) is 5.56. The summed E-state index contributed by atoms with van der Waals surface area (Å²) in [6.45, 7) is 1.91. The van der Waals surface area contributed by atoms with Gasteiger partial charge in [-0.25, -0.2) is 4.98 Å². The lowest BCUT2D eigenvalue weighted by atomic mass is 10.3. The topological polar surface area (TPSA) is 55.1 Å². The van der Waals surface area contributed by atoms with Crippen LogP contribution in [0, 0.1) is 6.92 Å². The number of hydrogen-bond donors (Lipinski definition) is 1. The van der Waals surface area contributed by atoms with E-state index in [0.717, 1.165) is 22.7 Å². The molecule has 0 aliphatic heterocycles. The highest BCUT2D eigenvalue weighted by atomic mass is 32.1. The summed E-state index contributed by atoms with van der Waals surface area (Å²) in [5.41, 5.74) is 0.522. The van der Waals surface area contributed by atoms with E-state index in [9.17, 15) is 4.79 Å². The molecule has 88 valence electrons. The molecular weight excluding hydrogens is 236 g/mol. The molecule has 0 saturated heterocycles. The van der Waals surface area contributed by atoms with Crippen molar-refractivity contribution in [1.29, 1.82) is 0 Å². The first kappa shape index (κ1) is 10.5. The fourth-order valence-electron chi connectivity index (χ4n) is 1.59. The van der Waals surface area contributed by atoms with Crippen molar-refractivity contribution in [1.82, 2.24) is 10.3 Å². The lowest BCUT2D eigenvalue weighted by molar-refractivity contribution is 0.0946. The van der Waals surface area contributed by atoms with E-state index in [1.54, 1.807) is 6.26 Å². The van der Waals surface area contributed by atoms with Gasteiger partial charge in [-0.05, 0) is 31.9 Å². The summed E-state index contributed by atoms with van der Waals surface area (Å²) in [4.78, 5) is 17.2. The number of aryl methyl sites for hydroxylation is 1. The lowest BCUT2D eigenvalue weighted by Crippen LogP contribution is -2.26. The van der Waals surface area contributed by atoms with Crippen LogP contribution in [0.25, 0.3) is 10.8 Å². The fourth-order valence-corrected chi connectivity index (χ4v) is 2.47. The molecule has 1 aliphatic carbocycles. The average Bonchev–Trinajstić information content (AvgIpc) is 2.83. The van der Waals surface area contributed by atoms with Gasteiger partial charge in [0.05, 0.1) is 6.26 Å². The molecule has 2 heterocycles. The Morgan fingerprint density at radius 3 is 3.06 bits per heavy atom. The van der Waals surface area contributed by atoms with Crippen LogP contribution in [-0.4, -0.2) is 16.9 Å². The van der Waals surface area contributed by atoms with Crippen molar-refractivity contribution in [3.63, 3.8) is 0 Å². The van der Waals surface area contributed by atoms with Gasteiger partial charge in [0.25, 0.3) is 5.91 Å². The number of rotatable bonds is 3. The summed E-state index contributed by atoms with van der Waals surface area (Å²) >= 11 is 1.48. The molecule has 0 unspecified atom stereocenters. The van der Waals surface area contributed by atoms with Crippen LogP contribution in [0.15, 0.2) is 22.8 Å². The lowest BCUT2D eigenvalue weighted by Gasteiger charge is -1.99. The minimum atomic E-state index is -0.0703. The van der Waals surface area contributed by atoms with Crippen LogP contribution in [-0.2, 0) is 0 Å². The Bertz CT molecular complexity index is 541. The zero-order valence-electron chi connectivity index (χ0n) is 9.40. The molecular formula is C12H12N2O2S. The van der Waals surface area contributed by atoms with E-state index >= 15 is 0 Å². The van der Waals surface area contributed by atoms with Crippen LogP contribution in [0.1, 0.15) is 28.2 Å². The molecule has 0 radical (unpaired) electrons. The van der Waals surface area contributed by atoms with Crippen LogP contribution in [0.3, 0.4) is 0 Å². The molecule has 1 N–H and O–H groups in total. The first-order chi connectivity index (χ1) is 8.24. The molecule has 17 heavy (non-hydrogen) atoms. The second kappa shape index (κ2) is 4.00. The Morgan fingerprint density at radius 2 is 2.41 bits per heavy atom. The van der Waals surface area contributed by atoms with E-state index in [-0.39, 0.29) is 5.91 Å². The quantitative estimate of drug-likeness (QED) is 0.908. The van der Waals surface area contributed by atoms with Gasteiger partial charge in [-0.3, -0.25) is 4.79 Å². The van der Waals surface area contributed by atoms with Gasteiger partial charge in [-0.2, -0.15) is 0 Å². The van der Waals surface area contributed by atoms with Gasteiger partial charge in [0.2, 0.25) is 0 Å². The number of hydrogen-bond acceptors (Lipinski definition) is 4. The van der Waals surface area contributed by atoms with Crippen molar-refractivity contribution in [3.05, 3.63) is 29.0 Å². The van der Waals surface area contributed by atoms with E-state index in [1.807, 2.05) is 19.1 Å². The standard InChI is InChI=1S/C12H12N2O2S/c1-7-10(11(15)13-8-4-5-8)14-12(17-7)9-3-2-6-16-9/h2-3,6,8H,4-5H2,1H3,(H,13,15). The Morgan fingerprint density at radius 1 is 1.59 bits per heavy atom. The van der Waals surface area contributed by atoms with Crippen LogP contribution in [0.2, 0.25) is 0 Å². The zero-order chi connectivity index (χ0) is 11.8. The first-order valence-corrected chi connectivity index (χ1v) is 6.38. The number of carbonyl (C=O) groups is 1. The highest BCUT2D eigenvalue weighted by Crippen LogP contribution is 2.28. The number of thiazole rings is 1. The highest BCUT2D eigenvalue weighted by Gasteiger charge is 2.26. The summed E-state index contributed by atoms with van der Waals surface area (Å²) in [6.07, 6.45) is 3.77. The van der Waals surface area contributed by atoms with Crippen LogP contribution < -0.4 is 5.32 Å². The summed E-state index contributed by atoms with van der Waals surface area (Å²) in [5.74, 6) is 0.641. The molecule has 5 heteroatoms. The molecule has 0 spiro atoms. The van der Waals surface area contributed by atoms with Crippen LogP contribution >= 0.6 is 11.3 Å². The SMILES string of the molecule is Cc1sc(-c2ccco2)nc1C(=O)NC1CC1. The van der Waals surface area contributed by atoms with E-state index in [4.69, 9.17) is 4.42 Å². The molecule has 0 atom stereocenters. The smallest absolute Gasteiger partial charge is 0.271 e. The second-order valence-electron chi connectivity index (χ2n) is 4.15. The van der Waals surface area contributed by atoms with Gasteiger partial charge in [0, 0.05) is 10.9 Å². The fraction of sp³-hybridized carbons (Fsp3) is 0.333. The minimum absolute atomic E-state index is 0.0703. The number of aromatic nitrogens is 1. The molecule has 1 amide bonds. The molecule has 2 aromatic rings. The second-order valence-corrected chi connectivity index (χ2v) is 5.35. The Kier molecular flexibility index (Phi) is 2.48. The highest BCUT2D eigenvalue weighted by molar-refractivity contribution is 7.15. The van der Waals surface area contributed by atoms with Crippen molar-refractivity contribution in [3.8, 4) is 10.8 Å². The molecule has 1 aliphatic rings. The van der Waals surface area contributed by atoms with Crippen LogP contribution in [0.4, 0.5) is 0 Å². The molecule has 3 rings (SSSR count). The number of amides is 1. The van der Waals surface area contributed by atoms with Crippen molar-refractivity contribution in [2.45, 2.75) is 25.8 Å². The van der Waals surface area contributed by atoms with E-state index in [0.29, 0.717) is 17.5 Å². The summed E-state index contributed by atoms with van der Waals surface area (Å²) in [6, 6.07) is 4.02. The summed E-state index contributed by atoms with van der Waals surface area (Å²) < 4.78 is 5.28. The van der Waals surface area contributed by atoms with Gasteiger partial charge in [-0.1, -0.05) is 0 Å². The van der Waals surface area contributed by atoms with Gasteiger partial charge in [0.15, 0.2) is 10.8 Å². The average molecular weight is 248 g/mol. The number of nitrogens with one attached hydrogen (secondary N) is 1. The van der Waals surface area contributed by atoms with Gasteiger partial charge < -0.3 is 9.73 Å². The van der Waals surface area contributed by atoms with Crippen LogP contribution in [0.5, 0.6) is 0 Å². The molecule has 0 aromatic carbocycles. The van der Waals surface area contributed by atoms with Crippen molar-refractivity contribution in [2.75, 3.05) is 0 Å². The Hall–Kier alpha value is -1.62. The van der Waals surface area contributed by atoms with E-state index < -0.39 is 0 Å². The van der Waals surface area contributed by atoms with E-state index in [1.165, 1.54) is 11.3 Å². The predicted molar refractivity (Wildman–Crippen MR) is 65.0 cm³/mol. The molecule has 4 nitrogen and oxygen atoms in total. The maximum Gasteiger partial charge on any atom is 0.271 e. The Labute approximate surface area is 103 Å². The molecule has 2 aromatic heterocycles. The largest absolute Gasteiger partial charge is 0.462 e. The molecule has 0 bridgehead atoms. The maximum absolute atomic E-state index is 11.9. The van der Waals surface area contributed by atoms with Crippen molar-refractivity contribution >= 4 is 17.2 Å². The Balaban J connectivity index is 1.87. The summed E-state index contributed by atoms with van der Waals surface area (Å²) in [7, 11) is 0. The van der Waals surface area contributed by atoms with Crippen molar-refractivity contribution < 1.29 is 9.21 Å². The third-order valence-electron chi connectivity index (χ3n) is 2.66. The third-order valence-corrected chi connectivity index (χ3v) is 3.64. The predicted octanol–water partition coefficient (Wildman–Crippen LogP) is 2.60. The number of carbonyl (C=O) groups excluding carboxylic acids is 1. The molecule has 1 fully saturated rings. The van der Waals surface area contributed by atoms with Gasteiger partial charge >= 0.3 is 0 Å². The van der Waals surface area contributed by atoms with Gasteiger partial charge in [0.1, 0.15) is 5.69 Å². The number of nitrogens with zero attached hydrogens (tertiary/aromatic N) is 1. The normalized spacial score (nSPS) is 14.9. The maximum atomic E-state index is 11.9. The zero-order valence-corrected chi connectivity index (χ0v) is 10.2. The van der Waals surface area contributed by atoms with Gasteiger partial charge in [-0.15, -0.1) is 11.3 Å². The number of furan rings is 1. The molecule has 1 saturated carbocycles. The van der Waals surface area contributed by atoms with E-state index in [2.05, 4.69) is 10.3 Å². The monoisotopic (exact) mass is 248 g/mol. The van der Waals surface area contributed by atoms with Crippen molar-refractivity contribution in [2.24, 2.45) is 0 Å². The third kappa shape index (κ3) is 2.10. The summed E-state index contributed by atoms with van der Waals surface area (Å²) in [5, 5.41) is 3.70.